The first kappa shape index (κ1) is 15.6. The summed E-state index contributed by atoms with van der Waals surface area (Å²) in [5, 5.41) is 1.82. The Morgan fingerprint density at radius 1 is 1.56 bits per heavy atom. The summed E-state index contributed by atoms with van der Waals surface area (Å²) in [6.45, 7) is 4.19. The van der Waals surface area contributed by atoms with Crippen LogP contribution >= 0.6 is 11.3 Å². The number of sulfonamides is 1. The number of hydrogen-bond acceptors (Lipinski definition) is 5. The third-order valence-corrected chi connectivity index (χ3v) is 6.30. The number of rotatable bonds is 6. The standard InChI is InChI=1S/C11H20N2O3S2/c1-8-7-17-10(5-12)11(8)18(14,15)13(3)9(2)6-16-4/h7,9H,5-6,12H2,1-4H3. The van der Waals surface area contributed by atoms with Crippen LogP contribution < -0.4 is 5.73 Å². The summed E-state index contributed by atoms with van der Waals surface area (Å²) in [5.74, 6) is 0. The fourth-order valence-corrected chi connectivity index (χ4v) is 4.70. The van der Waals surface area contributed by atoms with Gasteiger partial charge in [0.05, 0.1) is 6.61 Å². The first-order valence-electron chi connectivity index (χ1n) is 5.60. The van der Waals surface area contributed by atoms with Gasteiger partial charge in [0.15, 0.2) is 0 Å². The van der Waals surface area contributed by atoms with Crippen LogP contribution in [0.5, 0.6) is 0 Å². The summed E-state index contributed by atoms with van der Waals surface area (Å²) in [6.07, 6.45) is 0. The number of thiophene rings is 1. The summed E-state index contributed by atoms with van der Waals surface area (Å²) in [6, 6.07) is -0.218. The molecular weight excluding hydrogens is 272 g/mol. The summed E-state index contributed by atoms with van der Waals surface area (Å²) in [5.41, 5.74) is 6.35. The van der Waals surface area contributed by atoms with Crippen molar-refractivity contribution in [1.82, 2.24) is 4.31 Å². The molecule has 0 amide bonds. The molecule has 104 valence electrons. The Kier molecular flexibility index (Phi) is 5.30. The zero-order valence-corrected chi connectivity index (χ0v) is 12.8. The van der Waals surface area contributed by atoms with Crippen molar-refractivity contribution in [3.05, 3.63) is 15.8 Å². The van der Waals surface area contributed by atoms with E-state index in [-0.39, 0.29) is 12.6 Å². The predicted molar refractivity (Wildman–Crippen MR) is 73.2 cm³/mol. The molecule has 2 N–H and O–H groups in total. The van der Waals surface area contributed by atoms with Crippen LogP contribution in [0.25, 0.3) is 0 Å². The quantitative estimate of drug-likeness (QED) is 0.854. The zero-order chi connectivity index (χ0) is 13.9. The van der Waals surface area contributed by atoms with Crippen molar-refractivity contribution in [2.75, 3.05) is 20.8 Å². The lowest BCUT2D eigenvalue weighted by molar-refractivity contribution is 0.149. The number of hydrogen-bond donors (Lipinski definition) is 1. The molecule has 1 atom stereocenters. The third-order valence-electron chi connectivity index (χ3n) is 2.84. The molecule has 0 saturated heterocycles. The molecule has 1 aromatic heterocycles. The van der Waals surface area contributed by atoms with Gasteiger partial charge in [-0.15, -0.1) is 11.3 Å². The molecule has 0 aliphatic heterocycles. The normalized spacial score (nSPS) is 14.1. The molecule has 0 spiro atoms. The minimum absolute atomic E-state index is 0.218. The maximum atomic E-state index is 12.5. The lowest BCUT2D eigenvalue weighted by Crippen LogP contribution is -2.38. The van der Waals surface area contributed by atoms with E-state index in [2.05, 4.69) is 0 Å². The molecule has 5 nitrogen and oxygen atoms in total. The maximum Gasteiger partial charge on any atom is 0.244 e. The van der Waals surface area contributed by atoms with Crippen LogP contribution in [-0.2, 0) is 21.3 Å². The minimum atomic E-state index is -3.51. The number of aryl methyl sites for hydroxylation is 1. The monoisotopic (exact) mass is 292 g/mol. The van der Waals surface area contributed by atoms with Gasteiger partial charge in [-0.2, -0.15) is 4.31 Å². The molecular formula is C11H20N2O3S2. The Morgan fingerprint density at radius 3 is 2.67 bits per heavy atom. The highest BCUT2D eigenvalue weighted by molar-refractivity contribution is 7.89. The summed E-state index contributed by atoms with van der Waals surface area (Å²) in [4.78, 5) is 1.05. The molecule has 0 saturated carbocycles. The van der Waals surface area contributed by atoms with E-state index in [1.807, 2.05) is 12.3 Å². The van der Waals surface area contributed by atoms with Gasteiger partial charge in [-0.25, -0.2) is 8.42 Å². The van der Waals surface area contributed by atoms with Gasteiger partial charge in [0, 0.05) is 31.6 Å². The van der Waals surface area contributed by atoms with Crippen LogP contribution in [0.4, 0.5) is 0 Å². The van der Waals surface area contributed by atoms with Gasteiger partial charge in [-0.1, -0.05) is 0 Å². The second-order valence-corrected chi connectivity index (χ2v) is 7.10. The van der Waals surface area contributed by atoms with Crippen molar-refractivity contribution in [2.24, 2.45) is 5.73 Å². The highest BCUT2D eigenvalue weighted by Crippen LogP contribution is 2.29. The van der Waals surface area contributed by atoms with Crippen molar-refractivity contribution in [3.63, 3.8) is 0 Å². The highest BCUT2D eigenvalue weighted by Gasteiger charge is 2.29. The van der Waals surface area contributed by atoms with E-state index in [0.29, 0.717) is 16.4 Å². The molecule has 1 rings (SSSR count). The number of ether oxygens (including phenoxy) is 1. The number of methoxy groups -OCH3 is 1. The van der Waals surface area contributed by atoms with E-state index in [1.54, 1.807) is 21.1 Å². The fraction of sp³-hybridized carbons (Fsp3) is 0.636. The number of nitrogens with zero attached hydrogens (tertiary/aromatic N) is 1. The lowest BCUT2D eigenvalue weighted by Gasteiger charge is -2.24. The molecule has 7 heteroatoms. The Balaban J connectivity index is 3.17. The smallest absolute Gasteiger partial charge is 0.244 e. The average Bonchev–Trinajstić information content (AvgIpc) is 2.70. The molecule has 18 heavy (non-hydrogen) atoms. The van der Waals surface area contributed by atoms with Crippen molar-refractivity contribution in [2.45, 2.75) is 31.3 Å². The highest BCUT2D eigenvalue weighted by atomic mass is 32.2. The number of likely N-dealkylation sites (N-methyl/N-ethyl adjacent to an activating group) is 1. The fourth-order valence-electron chi connectivity index (χ4n) is 1.70. The van der Waals surface area contributed by atoms with E-state index >= 15 is 0 Å². The summed E-state index contributed by atoms with van der Waals surface area (Å²) in [7, 11) is -0.387. The van der Waals surface area contributed by atoms with Crippen molar-refractivity contribution < 1.29 is 13.2 Å². The summed E-state index contributed by atoms with van der Waals surface area (Å²) >= 11 is 1.38. The second-order valence-electron chi connectivity index (χ2n) is 4.20. The van der Waals surface area contributed by atoms with E-state index in [0.717, 1.165) is 5.56 Å². The van der Waals surface area contributed by atoms with E-state index in [1.165, 1.54) is 15.6 Å². The molecule has 1 aromatic rings. The van der Waals surface area contributed by atoms with Gasteiger partial charge in [0.1, 0.15) is 4.90 Å². The first-order chi connectivity index (χ1) is 8.36. The van der Waals surface area contributed by atoms with Crippen LogP contribution in [0.2, 0.25) is 0 Å². The van der Waals surface area contributed by atoms with Gasteiger partial charge in [0.25, 0.3) is 0 Å². The van der Waals surface area contributed by atoms with Crippen LogP contribution in [0.1, 0.15) is 17.4 Å². The Morgan fingerprint density at radius 2 is 2.17 bits per heavy atom. The molecule has 0 aromatic carbocycles. The molecule has 1 unspecified atom stereocenters. The van der Waals surface area contributed by atoms with Crippen LogP contribution in [0.3, 0.4) is 0 Å². The topological polar surface area (TPSA) is 72.6 Å². The average molecular weight is 292 g/mol. The van der Waals surface area contributed by atoms with Crippen LogP contribution in [0, 0.1) is 6.92 Å². The Labute approximate surface area is 113 Å². The molecule has 0 fully saturated rings. The van der Waals surface area contributed by atoms with Crippen molar-refractivity contribution in [3.8, 4) is 0 Å². The molecule has 1 heterocycles. The molecule has 0 bridgehead atoms. The van der Waals surface area contributed by atoms with E-state index in [4.69, 9.17) is 10.5 Å². The SMILES string of the molecule is COCC(C)N(C)S(=O)(=O)c1c(C)csc1CN. The van der Waals surface area contributed by atoms with Gasteiger partial charge < -0.3 is 10.5 Å². The minimum Gasteiger partial charge on any atom is -0.383 e. The van der Waals surface area contributed by atoms with Gasteiger partial charge >= 0.3 is 0 Å². The van der Waals surface area contributed by atoms with Gasteiger partial charge in [-0.3, -0.25) is 0 Å². The van der Waals surface area contributed by atoms with E-state index in [9.17, 15) is 8.42 Å². The molecule has 0 radical (unpaired) electrons. The Bertz CT molecular complexity index is 496. The lowest BCUT2D eigenvalue weighted by atomic mass is 10.3. The molecule has 0 aliphatic rings. The summed E-state index contributed by atoms with van der Waals surface area (Å²) < 4.78 is 31.4. The maximum absolute atomic E-state index is 12.5. The third kappa shape index (κ3) is 2.92. The largest absolute Gasteiger partial charge is 0.383 e. The van der Waals surface area contributed by atoms with Gasteiger partial charge in [0.2, 0.25) is 10.0 Å². The van der Waals surface area contributed by atoms with Crippen LogP contribution in [0.15, 0.2) is 10.3 Å². The van der Waals surface area contributed by atoms with Crippen LogP contribution in [-0.4, -0.2) is 39.5 Å². The molecule has 0 aliphatic carbocycles. The van der Waals surface area contributed by atoms with Crippen molar-refractivity contribution in [1.29, 1.82) is 0 Å². The Hall–Kier alpha value is -0.470. The van der Waals surface area contributed by atoms with E-state index < -0.39 is 10.0 Å². The van der Waals surface area contributed by atoms with Crippen molar-refractivity contribution >= 4 is 21.4 Å². The second kappa shape index (κ2) is 6.12. The number of nitrogens with two attached hydrogens (primary N) is 1. The first-order valence-corrected chi connectivity index (χ1v) is 7.92. The zero-order valence-electron chi connectivity index (χ0n) is 11.1. The van der Waals surface area contributed by atoms with Gasteiger partial charge in [-0.05, 0) is 24.8 Å². The predicted octanol–water partition coefficient (Wildman–Crippen LogP) is 1.17.